The maximum absolute atomic E-state index is 12.6. The summed E-state index contributed by atoms with van der Waals surface area (Å²) in [5, 5.41) is 2.67. The molecule has 0 aromatic heterocycles. The molecule has 1 aromatic carbocycles. The van der Waals surface area contributed by atoms with Gasteiger partial charge in [0, 0.05) is 30.8 Å². The third-order valence-corrected chi connectivity index (χ3v) is 6.58. The second kappa shape index (κ2) is 9.23. The van der Waals surface area contributed by atoms with Crippen LogP contribution in [0, 0.1) is 0 Å². The van der Waals surface area contributed by atoms with E-state index in [0.29, 0.717) is 23.6 Å². The highest BCUT2D eigenvalue weighted by atomic mass is 32.2. The molecule has 1 atom stereocenters. The number of benzene rings is 1. The smallest absolute Gasteiger partial charge is 0.251 e. The van der Waals surface area contributed by atoms with Gasteiger partial charge in [-0.2, -0.15) is 4.31 Å². The van der Waals surface area contributed by atoms with Gasteiger partial charge in [-0.05, 0) is 31.4 Å². The highest BCUT2D eigenvalue weighted by Crippen LogP contribution is 2.23. The fraction of sp³-hybridized carbons (Fsp3) is 0.611. The van der Waals surface area contributed by atoms with E-state index in [9.17, 15) is 13.2 Å². The zero-order valence-electron chi connectivity index (χ0n) is 15.7. The van der Waals surface area contributed by atoms with Crippen molar-refractivity contribution in [1.29, 1.82) is 0 Å². The Balaban J connectivity index is 1.97. The van der Waals surface area contributed by atoms with Crippen molar-refractivity contribution in [2.24, 2.45) is 0 Å². The second-order valence-electron chi connectivity index (χ2n) is 6.34. The SMILES string of the molecule is CC[C@H]1CCCCN1S(=O)(=O)CCNC(=O)c1cc(OC)cc(OC)c1. The Labute approximate surface area is 155 Å². The number of carbonyl (C=O) groups is 1. The number of hydrogen-bond acceptors (Lipinski definition) is 5. The average Bonchev–Trinajstić information content (AvgIpc) is 2.67. The van der Waals surface area contributed by atoms with Gasteiger partial charge in [0.05, 0.1) is 20.0 Å². The summed E-state index contributed by atoms with van der Waals surface area (Å²) < 4.78 is 37.1. The van der Waals surface area contributed by atoms with E-state index in [4.69, 9.17) is 9.47 Å². The zero-order valence-corrected chi connectivity index (χ0v) is 16.5. The second-order valence-corrected chi connectivity index (χ2v) is 8.38. The van der Waals surface area contributed by atoms with Gasteiger partial charge in [0.15, 0.2) is 0 Å². The average molecular weight is 384 g/mol. The lowest BCUT2D eigenvalue weighted by Crippen LogP contribution is -2.46. The molecule has 1 N–H and O–H groups in total. The number of methoxy groups -OCH3 is 2. The molecule has 7 nitrogen and oxygen atoms in total. The molecule has 1 amide bonds. The van der Waals surface area contributed by atoms with Crippen molar-refractivity contribution >= 4 is 15.9 Å². The predicted octanol–water partition coefficient (Wildman–Crippen LogP) is 2.03. The number of carbonyl (C=O) groups excluding carboxylic acids is 1. The lowest BCUT2D eigenvalue weighted by Gasteiger charge is -2.34. The van der Waals surface area contributed by atoms with E-state index in [0.717, 1.165) is 25.7 Å². The molecule has 0 spiro atoms. The molecule has 146 valence electrons. The fourth-order valence-electron chi connectivity index (χ4n) is 3.20. The third kappa shape index (κ3) is 5.11. The quantitative estimate of drug-likeness (QED) is 0.741. The van der Waals surface area contributed by atoms with Crippen molar-refractivity contribution in [1.82, 2.24) is 9.62 Å². The van der Waals surface area contributed by atoms with Crippen molar-refractivity contribution in [2.75, 3.05) is 33.1 Å². The van der Waals surface area contributed by atoms with Gasteiger partial charge in [-0.3, -0.25) is 4.79 Å². The molecular weight excluding hydrogens is 356 g/mol. The monoisotopic (exact) mass is 384 g/mol. The predicted molar refractivity (Wildman–Crippen MR) is 100 cm³/mol. The molecule has 1 aromatic rings. The standard InChI is InChI=1S/C18H28N2O5S/c1-4-15-7-5-6-9-20(15)26(22,23)10-8-19-18(21)14-11-16(24-2)13-17(12-14)25-3/h11-13,15H,4-10H2,1-3H3,(H,19,21)/t15-/m0/s1. The van der Waals surface area contributed by atoms with Crippen LogP contribution in [-0.4, -0.2) is 57.7 Å². The van der Waals surface area contributed by atoms with E-state index in [1.54, 1.807) is 22.5 Å². The number of piperidine rings is 1. The van der Waals surface area contributed by atoms with Gasteiger partial charge in [-0.15, -0.1) is 0 Å². The summed E-state index contributed by atoms with van der Waals surface area (Å²) in [5.74, 6) is 0.543. The molecule has 1 aliphatic heterocycles. The molecule has 1 heterocycles. The number of nitrogens with zero attached hydrogens (tertiary/aromatic N) is 1. The Kier molecular flexibility index (Phi) is 7.28. The Bertz CT molecular complexity index is 698. The number of hydrogen-bond donors (Lipinski definition) is 1. The lowest BCUT2D eigenvalue weighted by molar-refractivity contribution is 0.0955. The van der Waals surface area contributed by atoms with Gasteiger partial charge in [0.25, 0.3) is 5.91 Å². The first-order valence-corrected chi connectivity index (χ1v) is 10.5. The molecule has 0 saturated carbocycles. The van der Waals surface area contributed by atoms with Crippen LogP contribution in [0.2, 0.25) is 0 Å². The molecule has 1 fully saturated rings. The van der Waals surface area contributed by atoms with Gasteiger partial charge in [0.1, 0.15) is 11.5 Å². The van der Waals surface area contributed by atoms with E-state index in [2.05, 4.69) is 5.32 Å². The summed E-state index contributed by atoms with van der Waals surface area (Å²) in [6.07, 6.45) is 3.69. The van der Waals surface area contributed by atoms with E-state index >= 15 is 0 Å². The number of amides is 1. The van der Waals surface area contributed by atoms with Crippen LogP contribution in [0.4, 0.5) is 0 Å². The first kappa shape index (κ1) is 20.5. The molecule has 0 bridgehead atoms. The lowest BCUT2D eigenvalue weighted by atomic mass is 10.0. The van der Waals surface area contributed by atoms with Crippen molar-refractivity contribution in [2.45, 2.75) is 38.6 Å². The zero-order chi connectivity index (χ0) is 19.2. The molecule has 26 heavy (non-hydrogen) atoms. The summed E-state index contributed by atoms with van der Waals surface area (Å²) in [4.78, 5) is 12.3. The van der Waals surface area contributed by atoms with Gasteiger partial charge >= 0.3 is 0 Å². The van der Waals surface area contributed by atoms with Crippen LogP contribution in [0.1, 0.15) is 43.0 Å². The Morgan fingerprint density at radius 1 is 1.19 bits per heavy atom. The summed E-state index contributed by atoms with van der Waals surface area (Å²) >= 11 is 0. The molecular formula is C18H28N2O5S. The molecule has 0 unspecified atom stereocenters. The highest BCUT2D eigenvalue weighted by Gasteiger charge is 2.30. The normalized spacial score (nSPS) is 18.3. The topological polar surface area (TPSA) is 84.9 Å². The minimum Gasteiger partial charge on any atom is -0.497 e. The first-order chi connectivity index (χ1) is 12.4. The van der Waals surface area contributed by atoms with E-state index in [-0.39, 0.29) is 24.2 Å². The van der Waals surface area contributed by atoms with E-state index < -0.39 is 10.0 Å². The Morgan fingerprint density at radius 3 is 2.42 bits per heavy atom. The Morgan fingerprint density at radius 2 is 1.85 bits per heavy atom. The number of ether oxygens (including phenoxy) is 2. The van der Waals surface area contributed by atoms with Crippen molar-refractivity contribution in [3.63, 3.8) is 0 Å². The van der Waals surface area contributed by atoms with Crippen molar-refractivity contribution < 1.29 is 22.7 Å². The van der Waals surface area contributed by atoms with Crippen LogP contribution in [0.3, 0.4) is 0 Å². The van der Waals surface area contributed by atoms with E-state index in [1.165, 1.54) is 14.2 Å². The van der Waals surface area contributed by atoms with Crippen LogP contribution >= 0.6 is 0 Å². The highest BCUT2D eigenvalue weighted by molar-refractivity contribution is 7.89. The van der Waals surface area contributed by atoms with Gasteiger partial charge in [0.2, 0.25) is 10.0 Å². The van der Waals surface area contributed by atoms with E-state index in [1.807, 2.05) is 6.92 Å². The fourth-order valence-corrected chi connectivity index (χ4v) is 4.91. The summed E-state index contributed by atoms with van der Waals surface area (Å²) in [6, 6.07) is 4.92. The molecule has 1 aliphatic rings. The molecule has 8 heteroatoms. The third-order valence-electron chi connectivity index (χ3n) is 4.66. The number of nitrogens with one attached hydrogen (secondary N) is 1. The molecule has 0 radical (unpaired) electrons. The van der Waals surface area contributed by atoms with Crippen molar-refractivity contribution in [3.8, 4) is 11.5 Å². The largest absolute Gasteiger partial charge is 0.497 e. The maximum atomic E-state index is 12.6. The van der Waals surface area contributed by atoms with Gasteiger partial charge in [-0.1, -0.05) is 13.3 Å². The first-order valence-electron chi connectivity index (χ1n) is 8.92. The number of rotatable bonds is 8. The molecule has 1 saturated heterocycles. The van der Waals surface area contributed by atoms with Crippen LogP contribution in [0.15, 0.2) is 18.2 Å². The molecule has 0 aliphatic carbocycles. The van der Waals surface area contributed by atoms with Gasteiger partial charge < -0.3 is 14.8 Å². The summed E-state index contributed by atoms with van der Waals surface area (Å²) in [5.41, 5.74) is 0.364. The van der Waals surface area contributed by atoms with Crippen molar-refractivity contribution in [3.05, 3.63) is 23.8 Å². The van der Waals surface area contributed by atoms with Crippen LogP contribution in [0.25, 0.3) is 0 Å². The molecule has 2 rings (SSSR count). The minimum absolute atomic E-state index is 0.0631. The Hall–Kier alpha value is -1.80. The van der Waals surface area contributed by atoms with Crippen LogP contribution < -0.4 is 14.8 Å². The summed E-state index contributed by atoms with van der Waals surface area (Å²) in [7, 11) is -0.367. The minimum atomic E-state index is -3.38. The van der Waals surface area contributed by atoms with Crippen LogP contribution in [-0.2, 0) is 10.0 Å². The van der Waals surface area contributed by atoms with Crippen LogP contribution in [0.5, 0.6) is 11.5 Å². The maximum Gasteiger partial charge on any atom is 0.251 e. The number of sulfonamides is 1. The summed E-state index contributed by atoms with van der Waals surface area (Å²) in [6.45, 7) is 2.64. The van der Waals surface area contributed by atoms with Gasteiger partial charge in [-0.25, -0.2) is 8.42 Å².